The van der Waals surface area contributed by atoms with E-state index in [1.54, 1.807) is 22.9 Å². The molecule has 7 heteroatoms. The first-order chi connectivity index (χ1) is 13.2. The highest BCUT2D eigenvalue weighted by atomic mass is 16.5. The monoisotopic (exact) mass is 371 g/mol. The number of hydrogen-bond acceptors (Lipinski definition) is 5. The van der Waals surface area contributed by atoms with Gasteiger partial charge in [0.2, 0.25) is 0 Å². The summed E-state index contributed by atoms with van der Waals surface area (Å²) in [5.74, 6) is 0.807. The van der Waals surface area contributed by atoms with Crippen LogP contribution in [0.4, 0.5) is 0 Å². The van der Waals surface area contributed by atoms with E-state index in [0.29, 0.717) is 24.0 Å². The molecule has 1 aromatic carbocycles. The Kier molecular flexibility index (Phi) is 5.50. The molecule has 7 nitrogen and oxygen atoms in total. The fraction of sp³-hybridized carbons (Fsp3) is 0.550. The van der Waals surface area contributed by atoms with Crippen molar-refractivity contribution in [2.45, 2.75) is 57.2 Å². The molecule has 0 amide bonds. The highest BCUT2D eigenvalue weighted by Gasteiger charge is 2.25. The SMILES string of the molecule is O=C(O)c1ccccc1-n1nc(C2CCCC2)nc1COCC1CCCO1. The van der Waals surface area contributed by atoms with Crippen LogP contribution in [-0.4, -0.2) is 45.2 Å². The van der Waals surface area contributed by atoms with Crippen molar-refractivity contribution in [1.29, 1.82) is 0 Å². The summed E-state index contributed by atoms with van der Waals surface area (Å²) < 4.78 is 13.1. The molecule has 2 heterocycles. The van der Waals surface area contributed by atoms with Crippen LogP contribution in [0, 0.1) is 0 Å². The number of carbonyl (C=O) groups is 1. The van der Waals surface area contributed by atoms with E-state index in [1.807, 2.05) is 6.07 Å². The van der Waals surface area contributed by atoms with Crippen molar-refractivity contribution < 1.29 is 19.4 Å². The smallest absolute Gasteiger partial charge is 0.337 e. The van der Waals surface area contributed by atoms with Gasteiger partial charge >= 0.3 is 5.97 Å². The van der Waals surface area contributed by atoms with Gasteiger partial charge in [-0.1, -0.05) is 25.0 Å². The molecule has 2 aromatic rings. The number of aromatic nitrogens is 3. The molecule has 0 radical (unpaired) electrons. The number of carboxylic acids is 1. The number of carboxylic acid groups (broad SMARTS) is 1. The van der Waals surface area contributed by atoms with Gasteiger partial charge in [-0.3, -0.25) is 0 Å². The Hall–Kier alpha value is -2.25. The van der Waals surface area contributed by atoms with Gasteiger partial charge < -0.3 is 14.6 Å². The minimum Gasteiger partial charge on any atom is -0.478 e. The number of nitrogens with zero attached hydrogens (tertiary/aromatic N) is 3. The lowest BCUT2D eigenvalue weighted by Gasteiger charge is -2.11. The summed E-state index contributed by atoms with van der Waals surface area (Å²) in [6, 6.07) is 6.89. The largest absolute Gasteiger partial charge is 0.478 e. The average molecular weight is 371 g/mol. The molecule has 144 valence electrons. The average Bonchev–Trinajstić information content (AvgIpc) is 3.43. The van der Waals surface area contributed by atoms with Gasteiger partial charge in [0, 0.05) is 12.5 Å². The number of hydrogen-bond donors (Lipinski definition) is 1. The molecule has 4 rings (SSSR count). The normalized spacial score (nSPS) is 20.4. The van der Waals surface area contributed by atoms with Crippen LogP contribution in [-0.2, 0) is 16.1 Å². The van der Waals surface area contributed by atoms with Gasteiger partial charge in [-0.25, -0.2) is 14.5 Å². The Bertz CT molecular complexity index is 792. The van der Waals surface area contributed by atoms with Crippen LogP contribution in [0.3, 0.4) is 0 Å². The molecule has 1 aromatic heterocycles. The molecule has 0 spiro atoms. The predicted molar refractivity (Wildman–Crippen MR) is 98.2 cm³/mol. The molecule has 1 aliphatic heterocycles. The summed E-state index contributed by atoms with van der Waals surface area (Å²) in [6.07, 6.45) is 6.78. The summed E-state index contributed by atoms with van der Waals surface area (Å²) in [5.41, 5.74) is 0.734. The number of para-hydroxylation sites is 1. The highest BCUT2D eigenvalue weighted by molar-refractivity contribution is 5.91. The van der Waals surface area contributed by atoms with Gasteiger partial charge in [0.05, 0.1) is 24.0 Å². The molecule has 1 saturated carbocycles. The zero-order chi connectivity index (χ0) is 18.6. The van der Waals surface area contributed by atoms with Crippen LogP contribution < -0.4 is 0 Å². The lowest BCUT2D eigenvalue weighted by atomic mass is 10.1. The van der Waals surface area contributed by atoms with E-state index in [-0.39, 0.29) is 18.3 Å². The molecular weight excluding hydrogens is 346 g/mol. The lowest BCUT2D eigenvalue weighted by molar-refractivity contribution is 0.00815. The van der Waals surface area contributed by atoms with E-state index < -0.39 is 5.97 Å². The maximum Gasteiger partial charge on any atom is 0.337 e. The van der Waals surface area contributed by atoms with E-state index in [9.17, 15) is 9.90 Å². The summed E-state index contributed by atoms with van der Waals surface area (Å²) in [4.78, 5) is 16.4. The van der Waals surface area contributed by atoms with Gasteiger partial charge in [-0.05, 0) is 37.8 Å². The van der Waals surface area contributed by atoms with Crippen molar-refractivity contribution in [2.75, 3.05) is 13.2 Å². The van der Waals surface area contributed by atoms with Crippen LogP contribution in [0.5, 0.6) is 0 Å². The van der Waals surface area contributed by atoms with Crippen LogP contribution in [0.15, 0.2) is 24.3 Å². The molecule has 0 bridgehead atoms. The predicted octanol–water partition coefficient (Wildman–Crippen LogP) is 3.32. The quantitative estimate of drug-likeness (QED) is 0.803. The first-order valence-electron chi connectivity index (χ1n) is 9.70. The molecule has 1 N–H and O–H groups in total. The van der Waals surface area contributed by atoms with E-state index in [4.69, 9.17) is 14.5 Å². The van der Waals surface area contributed by atoms with E-state index in [0.717, 1.165) is 38.1 Å². The summed E-state index contributed by atoms with van der Waals surface area (Å²) >= 11 is 0. The molecule has 1 saturated heterocycles. The minimum absolute atomic E-state index is 0.141. The zero-order valence-corrected chi connectivity index (χ0v) is 15.3. The Labute approximate surface area is 158 Å². The van der Waals surface area contributed by atoms with Crippen LogP contribution in [0.25, 0.3) is 5.69 Å². The van der Waals surface area contributed by atoms with Crippen molar-refractivity contribution in [3.05, 3.63) is 41.5 Å². The van der Waals surface area contributed by atoms with Crippen LogP contribution in [0.1, 0.15) is 66.4 Å². The first-order valence-corrected chi connectivity index (χ1v) is 9.70. The van der Waals surface area contributed by atoms with E-state index in [1.165, 1.54) is 12.8 Å². The summed E-state index contributed by atoms with van der Waals surface area (Å²) in [7, 11) is 0. The van der Waals surface area contributed by atoms with Crippen molar-refractivity contribution in [2.24, 2.45) is 0 Å². The Morgan fingerprint density at radius 3 is 2.78 bits per heavy atom. The molecule has 1 unspecified atom stereocenters. The molecule has 2 fully saturated rings. The molecule has 2 aliphatic rings. The first kappa shape index (κ1) is 18.1. The van der Waals surface area contributed by atoms with Crippen molar-refractivity contribution >= 4 is 5.97 Å². The third-order valence-corrected chi connectivity index (χ3v) is 5.33. The van der Waals surface area contributed by atoms with Gasteiger partial charge in [-0.15, -0.1) is 0 Å². The van der Waals surface area contributed by atoms with Crippen molar-refractivity contribution in [3.8, 4) is 5.69 Å². The summed E-state index contributed by atoms with van der Waals surface area (Å²) in [5, 5.41) is 14.2. The molecule has 1 aliphatic carbocycles. The van der Waals surface area contributed by atoms with Crippen LogP contribution >= 0.6 is 0 Å². The fourth-order valence-corrected chi connectivity index (χ4v) is 3.90. The minimum atomic E-state index is -0.977. The Morgan fingerprint density at radius 2 is 2.04 bits per heavy atom. The number of aromatic carboxylic acids is 1. The number of ether oxygens (including phenoxy) is 2. The van der Waals surface area contributed by atoms with E-state index >= 15 is 0 Å². The second kappa shape index (κ2) is 8.19. The maximum atomic E-state index is 11.6. The fourth-order valence-electron chi connectivity index (χ4n) is 3.90. The maximum absolute atomic E-state index is 11.6. The third kappa shape index (κ3) is 4.04. The van der Waals surface area contributed by atoms with Crippen LogP contribution in [0.2, 0.25) is 0 Å². The Morgan fingerprint density at radius 1 is 1.22 bits per heavy atom. The lowest BCUT2D eigenvalue weighted by Crippen LogP contribution is -2.16. The van der Waals surface area contributed by atoms with Crippen molar-refractivity contribution in [1.82, 2.24) is 14.8 Å². The van der Waals surface area contributed by atoms with Gasteiger partial charge in [0.15, 0.2) is 11.6 Å². The number of benzene rings is 1. The van der Waals surface area contributed by atoms with Gasteiger partial charge in [-0.2, -0.15) is 5.10 Å². The van der Waals surface area contributed by atoms with Gasteiger partial charge in [0.25, 0.3) is 0 Å². The third-order valence-electron chi connectivity index (χ3n) is 5.33. The van der Waals surface area contributed by atoms with E-state index in [2.05, 4.69) is 5.10 Å². The zero-order valence-electron chi connectivity index (χ0n) is 15.3. The second-order valence-corrected chi connectivity index (χ2v) is 7.25. The topological polar surface area (TPSA) is 86.5 Å². The molecule has 27 heavy (non-hydrogen) atoms. The molecule has 1 atom stereocenters. The highest BCUT2D eigenvalue weighted by Crippen LogP contribution is 2.33. The second-order valence-electron chi connectivity index (χ2n) is 7.25. The standard InChI is InChI=1S/C20H25N3O4/c24-20(25)16-9-3-4-10-17(16)23-18(13-26-12-15-8-5-11-27-15)21-19(22-23)14-6-1-2-7-14/h3-4,9-10,14-15H,1-2,5-8,11-13H2,(H,24,25). The van der Waals surface area contributed by atoms with Crippen molar-refractivity contribution in [3.63, 3.8) is 0 Å². The summed E-state index contributed by atoms with van der Waals surface area (Å²) in [6.45, 7) is 1.60. The molecular formula is C20H25N3O4. The Balaban J connectivity index is 1.60. The van der Waals surface area contributed by atoms with Gasteiger partial charge in [0.1, 0.15) is 6.61 Å². The number of rotatable bonds is 7.